The Hall–Kier alpha value is -0.660. The summed E-state index contributed by atoms with van der Waals surface area (Å²) < 4.78 is 1.01. The predicted octanol–water partition coefficient (Wildman–Crippen LogP) is 2.35. The number of hydrogen-bond acceptors (Lipinski definition) is 6. The van der Waals surface area contributed by atoms with Crippen molar-refractivity contribution in [3.63, 3.8) is 0 Å². The monoisotopic (exact) mass is 328 g/mol. The van der Waals surface area contributed by atoms with Crippen molar-refractivity contribution in [3.8, 4) is 0 Å². The predicted molar refractivity (Wildman–Crippen MR) is 87.5 cm³/mol. The molecular formula is C14H24N4OS2. The second-order valence-electron chi connectivity index (χ2n) is 5.95. The summed E-state index contributed by atoms with van der Waals surface area (Å²) in [6.45, 7) is 6.10. The van der Waals surface area contributed by atoms with Crippen LogP contribution in [0.25, 0.3) is 0 Å². The summed E-state index contributed by atoms with van der Waals surface area (Å²) in [5, 5.41) is 12.6. The topological polar surface area (TPSA) is 80.9 Å². The maximum absolute atomic E-state index is 12.0. The number of nitrogens with two attached hydrogens (primary N) is 1. The van der Waals surface area contributed by atoms with Gasteiger partial charge in [0.1, 0.15) is 10.5 Å². The molecule has 5 nitrogen and oxygen atoms in total. The van der Waals surface area contributed by atoms with Crippen LogP contribution in [0.5, 0.6) is 0 Å². The molecular weight excluding hydrogens is 304 g/mol. The van der Waals surface area contributed by atoms with Gasteiger partial charge in [0.15, 0.2) is 4.34 Å². The lowest BCUT2D eigenvalue weighted by Crippen LogP contribution is -2.60. The third kappa shape index (κ3) is 3.96. The quantitative estimate of drug-likeness (QED) is 0.751. The van der Waals surface area contributed by atoms with Gasteiger partial charge in [-0.15, -0.1) is 10.2 Å². The Bertz CT molecular complexity index is 491. The molecule has 1 fully saturated rings. The molecule has 1 aromatic rings. The molecule has 1 aliphatic rings. The van der Waals surface area contributed by atoms with Crippen molar-refractivity contribution < 1.29 is 4.79 Å². The SMILES string of the molecule is Cc1nnc(SCCC2CCCC2(NC(C)C)C(N)=O)s1. The second-order valence-corrected chi connectivity index (χ2v) is 8.47. The average Bonchev–Trinajstić information content (AvgIpc) is 2.97. The molecule has 0 aromatic carbocycles. The van der Waals surface area contributed by atoms with Crippen LogP contribution in [0.4, 0.5) is 0 Å². The van der Waals surface area contributed by atoms with Crippen molar-refractivity contribution in [1.82, 2.24) is 15.5 Å². The molecule has 1 saturated carbocycles. The number of rotatable bonds is 7. The summed E-state index contributed by atoms with van der Waals surface area (Å²) in [6.07, 6.45) is 3.97. The van der Waals surface area contributed by atoms with E-state index in [-0.39, 0.29) is 11.9 Å². The highest BCUT2D eigenvalue weighted by atomic mass is 32.2. The van der Waals surface area contributed by atoms with Gasteiger partial charge in [-0.3, -0.25) is 4.79 Å². The highest BCUT2D eigenvalue weighted by Gasteiger charge is 2.47. The van der Waals surface area contributed by atoms with Gasteiger partial charge in [0.05, 0.1) is 0 Å². The molecule has 2 unspecified atom stereocenters. The van der Waals surface area contributed by atoms with Gasteiger partial charge in [-0.2, -0.15) is 0 Å². The summed E-state index contributed by atoms with van der Waals surface area (Å²) in [5.74, 6) is 1.07. The fraction of sp³-hybridized carbons (Fsp3) is 0.786. The fourth-order valence-electron chi connectivity index (χ4n) is 3.19. The van der Waals surface area contributed by atoms with Crippen molar-refractivity contribution in [2.75, 3.05) is 5.75 Å². The van der Waals surface area contributed by atoms with Gasteiger partial charge in [0.25, 0.3) is 0 Å². The number of thioether (sulfide) groups is 1. The average molecular weight is 329 g/mol. The summed E-state index contributed by atoms with van der Waals surface area (Å²) in [4.78, 5) is 12.0. The molecule has 2 rings (SSSR count). The van der Waals surface area contributed by atoms with E-state index in [2.05, 4.69) is 29.4 Å². The number of nitrogens with one attached hydrogen (secondary N) is 1. The molecule has 1 aromatic heterocycles. The maximum atomic E-state index is 12.0. The lowest BCUT2D eigenvalue weighted by atomic mass is 9.83. The Kier molecular flexibility index (Phi) is 5.62. The summed E-state index contributed by atoms with van der Waals surface area (Å²) in [7, 11) is 0. The minimum Gasteiger partial charge on any atom is -0.368 e. The maximum Gasteiger partial charge on any atom is 0.238 e. The number of aromatic nitrogens is 2. The van der Waals surface area contributed by atoms with Crippen molar-refractivity contribution in [2.24, 2.45) is 11.7 Å². The Balaban J connectivity index is 1.95. The van der Waals surface area contributed by atoms with Crippen LogP contribution in [0.15, 0.2) is 4.34 Å². The van der Waals surface area contributed by atoms with E-state index in [1.54, 1.807) is 23.1 Å². The van der Waals surface area contributed by atoms with Gasteiger partial charge in [-0.1, -0.05) is 29.5 Å². The lowest BCUT2D eigenvalue weighted by Gasteiger charge is -2.35. The van der Waals surface area contributed by atoms with Gasteiger partial charge in [0.2, 0.25) is 5.91 Å². The van der Waals surface area contributed by atoms with E-state index in [9.17, 15) is 4.79 Å². The van der Waals surface area contributed by atoms with Gasteiger partial charge >= 0.3 is 0 Å². The van der Waals surface area contributed by atoms with Crippen LogP contribution in [0.1, 0.15) is 44.5 Å². The zero-order chi connectivity index (χ0) is 15.5. The molecule has 21 heavy (non-hydrogen) atoms. The molecule has 3 N–H and O–H groups in total. The van der Waals surface area contributed by atoms with Gasteiger partial charge in [-0.25, -0.2) is 0 Å². The molecule has 1 amide bonds. The zero-order valence-corrected chi connectivity index (χ0v) is 14.5. The van der Waals surface area contributed by atoms with Crippen molar-refractivity contribution in [2.45, 2.75) is 62.4 Å². The summed E-state index contributed by atoms with van der Waals surface area (Å²) >= 11 is 3.35. The Morgan fingerprint density at radius 3 is 2.90 bits per heavy atom. The van der Waals surface area contributed by atoms with E-state index >= 15 is 0 Å². The van der Waals surface area contributed by atoms with E-state index < -0.39 is 5.54 Å². The molecule has 7 heteroatoms. The first-order valence-electron chi connectivity index (χ1n) is 7.44. The van der Waals surface area contributed by atoms with Gasteiger partial charge in [0, 0.05) is 11.8 Å². The Labute approximate surface area is 134 Å². The molecule has 0 spiro atoms. The Morgan fingerprint density at radius 2 is 2.33 bits per heavy atom. The number of aryl methyl sites for hydroxylation is 1. The summed E-state index contributed by atoms with van der Waals surface area (Å²) in [6, 6.07) is 0.261. The second kappa shape index (κ2) is 7.07. The van der Waals surface area contributed by atoms with Crippen LogP contribution in [0.3, 0.4) is 0 Å². The molecule has 0 saturated heterocycles. The first-order valence-corrected chi connectivity index (χ1v) is 9.25. The van der Waals surface area contributed by atoms with Crippen LogP contribution in [-0.4, -0.2) is 33.4 Å². The molecule has 118 valence electrons. The largest absolute Gasteiger partial charge is 0.368 e. The highest BCUT2D eigenvalue weighted by molar-refractivity contribution is 8.01. The van der Waals surface area contributed by atoms with Crippen LogP contribution in [0.2, 0.25) is 0 Å². The summed E-state index contributed by atoms with van der Waals surface area (Å²) in [5.41, 5.74) is 5.21. The van der Waals surface area contributed by atoms with Crippen LogP contribution in [0, 0.1) is 12.8 Å². The number of carbonyl (C=O) groups is 1. The van der Waals surface area contributed by atoms with Crippen molar-refractivity contribution in [3.05, 3.63) is 5.01 Å². The molecule has 0 aliphatic heterocycles. The number of carbonyl (C=O) groups excluding carboxylic acids is 1. The third-order valence-electron chi connectivity index (χ3n) is 4.01. The standard InChI is InChI=1S/C14H24N4OS2/c1-9(2)16-14(12(15)19)7-4-5-11(14)6-8-20-13-18-17-10(3)21-13/h9,11,16H,4-8H2,1-3H3,(H2,15,19). The fourth-order valence-corrected chi connectivity index (χ4v) is 5.13. The number of hydrogen-bond donors (Lipinski definition) is 2. The highest BCUT2D eigenvalue weighted by Crippen LogP contribution is 2.39. The minimum atomic E-state index is -0.522. The molecule has 1 heterocycles. The lowest BCUT2D eigenvalue weighted by molar-refractivity contribution is -0.126. The number of amides is 1. The molecule has 1 aliphatic carbocycles. The van der Waals surface area contributed by atoms with Crippen molar-refractivity contribution >= 4 is 29.0 Å². The first-order chi connectivity index (χ1) is 9.94. The van der Waals surface area contributed by atoms with Crippen molar-refractivity contribution in [1.29, 1.82) is 0 Å². The van der Waals surface area contributed by atoms with E-state index in [1.165, 1.54) is 0 Å². The minimum absolute atomic E-state index is 0.199. The first kappa shape index (κ1) is 16.7. The Morgan fingerprint density at radius 1 is 1.57 bits per heavy atom. The van der Waals surface area contributed by atoms with E-state index in [0.717, 1.165) is 40.8 Å². The zero-order valence-electron chi connectivity index (χ0n) is 12.9. The van der Waals surface area contributed by atoms with Gasteiger partial charge < -0.3 is 11.1 Å². The normalized spacial score (nSPS) is 25.6. The van der Waals surface area contributed by atoms with Crippen LogP contribution >= 0.6 is 23.1 Å². The van der Waals surface area contributed by atoms with Gasteiger partial charge in [-0.05, 0) is 46.0 Å². The molecule has 2 atom stereocenters. The number of nitrogens with zero attached hydrogens (tertiary/aromatic N) is 2. The number of primary amides is 1. The van der Waals surface area contributed by atoms with Crippen LogP contribution in [-0.2, 0) is 4.79 Å². The third-order valence-corrected chi connectivity index (χ3v) is 6.01. The molecule has 0 radical (unpaired) electrons. The van der Waals surface area contributed by atoms with E-state index in [1.807, 2.05) is 6.92 Å². The van der Waals surface area contributed by atoms with E-state index in [4.69, 9.17) is 5.73 Å². The van der Waals surface area contributed by atoms with Crippen LogP contribution < -0.4 is 11.1 Å². The smallest absolute Gasteiger partial charge is 0.238 e. The molecule has 0 bridgehead atoms. The van der Waals surface area contributed by atoms with E-state index in [0.29, 0.717) is 5.92 Å².